The maximum Gasteiger partial charge on any atom is 0.260 e. The number of thioether (sulfide) groups is 1. The molecule has 4 aromatic rings. The summed E-state index contributed by atoms with van der Waals surface area (Å²) < 4.78 is 3.79. The third-order valence-corrected chi connectivity index (χ3v) is 8.62. The van der Waals surface area contributed by atoms with Crippen LogP contribution >= 0.6 is 34.7 Å². The molecule has 0 saturated heterocycles. The van der Waals surface area contributed by atoms with Crippen LogP contribution in [0.4, 0.5) is 0 Å². The van der Waals surface area contributed by atoms with E-state index in [9.17, 15) is 5.11 Å². The van der Waals surface area contributed by atoms with Crippen LogP contribution in [0.25, 0.3) is 27.6 Å². The van der Waals surface area contributed by atoms with Crippen LogP contribution < -0.4 is 0 Å². The molecule has 0 saturated carbocycles. The number of halogens is 1. The van der Waals surface area contributed by atoms with Gasteiger partial charge in [0, 0.05) is 4.88 Å². The Labute approximate surface area is 209 Å². The van der Waals surface area contributed by atoms with Gasteiger partial charge in [-0.25, -0.2) is 4.57 Å². The SMILES string of the molecule is C=C(O)CSc1nnc(-n2nnc3ccccc32)n1-c1sc(C2=CCC(Cl)C=C2)c2c1CCC2. The molecule has 6 rings (SSSR count). The average Bonchev–Trinajstić information content (AvgIpc) is 3.61. The molecule has 0 amide bonds. The smallest absolute Gasteiger partial charge is 0.260 e. The molecule has 34 heavy (non-hydrogen) atoms. The van der Waals surface area contributed by atoms with Crippen molar-refractivity contribution in [2.75, 3.05) is 5.75 Å². The summed E-state index contributed by atoms with van der Waals surface area (Å²) in [6, 6.07) is 7.80. The number of aliphatic hydroxyl groups excluding tert-OH is 1. The molecule has 2 aliphatic rings. The van der Waals surface area contributed by atoms with Crippen molar-refractivity contribution in [2.45, 2.75) is 36.2 Å². The summed E-state index contributed by atoms with van der Waals surface area (Å²) in [6.45, 7) is 3.63. The quantitative estimate of drug-likeness (QED) is 0.205. The van der Waals surface area contributed by atoms with Crippen molar-refractivity contribution in [2.24, 2.45) is 0 Å². The molecule has 1 atom stereocenters. The van der Waals surface area contributed by atoms with E-state index in [0.29, 0.717) is 16.9 Å². The second-order valence-electron chi connectivity index (χ2n) is 8.28. The van der Waals surface area contributed by atoms with Crippen molar-refractivity contribution in [3.63, 3.8) is 0 Å². The average molecular weight is 509 g/mol. The second kappa shape index (κ2) is 8.72. The van der Waals surface area contributed by atoms with Crippen molar-refractivity contribution < 1.29 is 5.11 Å². The van der Waals surface area contributed by atoms with E-state index in [1.165, 1.54) is 33.3 Å². The standard InChI is InChI=1S/C24H21ClN6OS2/c1-14(32)13-33-24-28-27-23(31-20-8-3-2-7-19(20)26-29-31)30(24)22-18-6-4-5-17(18)21(34-22)15-9-11-16(25)12-10-15/h2-3,7-11,16,32H,1,4-6,12-13H2. The molecule has 2 aliphatic carbocycles. The normalized spacial score (nSPS) is 17.3. The summed E-state index contributed by atoms with van der Waals surface area (Å²) in [5.74, 6) is 1.01. The number of fused-ring (bicyclic) bond motifs is 2. The molecular weight excluding hydrogens is 488 g/mol. The fourth-order valence-corrected chi connectivity index (χ4v) is 6.80. The lowest BCUT2D eigenvalue weighted by Crippen LogP contribution is -2.08. The number of nitrogens with zero attached hydrogens (tertiary/aromatic N) is 6. The number of aliphatic hydroxyl groups is 1. The maximum atomic E-state index is 9.73. The van der Waals surface area contributed by atoms with Gasteiger partial charge in [-0.2, -0.15) is 4.68 Å². The number of rotatable bonds is 6. The molecule has 0 aliphatic heterocycles. The van der Waals surface area contributed by atoms with Crippen molar-refractivity contribution in [1.29, 1.82) is 0 Å². The Kier molecular flexibility index (Phi) is 5.55. The van der Waals surface area contributed by atoms with Gasteiger partial charge >= 0.3 is 0 Å². The van der Waals surface area contributed by atoms with E-state index >= 15 is 0 Å². The lowest BCUT2D eigenvalue weighted by atomic mass is 10.0. The molecule has 1 unspecified atom stereocenters. The van der Waals surface area contributed by atoms with E-state index in [4.69, 9.17) is 11.6 Å². The van der Waals surface area contributed by atoms with Gasteiger partial charge in [-0.05, 0) is 54.5 Å². The lowest BCUT2D eigenvalue weighted by molar-refractivity contribution is 0.420. The molecule has 10 heteroatoms. The zero-order valence-corrected chi connectivity index (χ0v) is 20.6. The number of benzene rings is 1. The molecule has 0 spiro atoms. The molecule has 1 N–H and O–H groups in total. The summed E-state index contributed by atoms with van der Waals surface area (Å²) in [4.78, 5) is 1.29. The van der Waals surface area contributed by atoms with Crippen LogP contribution in [0.1, 0.15) is 28.8 Å². The largest absolute Gasteiger partial charge is 0.512 e. The first-order chi connectivity index (χ1) is 16.6. The summed E-state index contributed by atoms with van der Waals surface area (Å²) in [6.07, 6.45) is 10.4. The Morgan fingerprint density at radius 1 is 1.21 bits per heavy atom. The first kappa shape index (κ1) is 21.6. The van der Waals surface area contributed by atoms with Crippen LogP contribution in [0.15, 0.2) is 60.0 Å². The van der Waals surface area contributed by atoms with Gasteiger partial charge in [0.05, 0.1) is 22.4 Å². The van der Waals surface area contributed by atoms with Gasteiger partial charge in [0.25, 0.3) is 5.95 Å². The number of aromatic nitrogens is 6. The number of para-hydroxylation sites is 1. The van der Waals surface area contributed by atoms with Gasteiger partial charge in [0.15, 0.2) is 5.16 Å². The van der Waals surface area contributed by atoms with E-state index in [2.05, 4.69) is 49.9 Å². The Morgan fingerprint density at radius 3 is 2.88 bits per heavy atom. The van der Waals surface area contributed by atoms with Crippen molar-refractivity contribution in [3.05, 3.63) is 70.8 Å². The van der Waals surface area contributed by atoms with Gasteiger partial charge in [-0.1, -0.05) is 53.9 Å². The Hall–Kier alpha value is -2.88. The summed E-state index contributed by atoms with van der Waals surface area (Å²) in [5, 5.41) is 29.3. The van der Waals surface area contributed by atoms with E-state index in [0.717, 1.165) is 41.7 Å². The van der Waals surface area contributed by atoms with Gasteiger partial charge in [-0.3, -0.25) is 0 Å². The van der Waals surface area contributed by atoms with Gasteiger partial charge in [0.2, 0.25) is 0 Å². The Bertz CT molecular complexity index is 1480. The fourth-order valence-electron chi connectivity index (χ4n) is 4.46. The van der Waals surface area contributed by atoms with Crippen LogP contribution in [-0.4, -0.2) is 46.0 Å². The predicted octanol–water partition coefficient (Wildman–Crippen LogP) is 5.67. The minimum absolute atomic E-state index is 0.0517. The molecule has 3 heterocycles. The third-order valence-electron chi connectivity index (χ3n) is 5.99. The van der Waals surface area contributed by atoms with Gasteiger partial charge < -0.3 is 5.11 Å². The van der Waals surface area contributed by atoms with Gasteiger partial charge in [-0.15, -0.1) is 38.2 Å². The first-order valence-corrected chi connectivity index (χ1v) is 13.3. The first-order valence-electron chi connectivity index (χ1n) is 11.0. The van der Waals surface area contributed by atoms with Crippen molar-refractivity contribution in [3.8, 4) is 10.9 Å². The highest BCUT2D eigenvalue weighted by molar-refractivity contribution is 7.99. The highest BCUT2D eigenvalue weighted by atomic mass is 35.5. The minimum Gasteiger partial charge on any atom is -0.512 e. The number of hydrogen-bond acceptors (Lipinski definition) is 7. The highest BCUT2D eigenvalue weighted by Gasteiger charge is 2.29. The molecule has 3 aromatic heterocycles. The third kappa shape index (κ3) is 3.68. The van der Waals surface area contributed by atoms with E-state index < -0.39 is 0 Å². The van der Waals surface area contributed by atoms with Crippen LogP contribution in [0.5, 0.6) is 0 Å². The molecule has 172 valence electrons. The molecule has 1 aromatic carbocycles. The van der Waals surface area contributed by atoms with E-state index in [-0.39, 0.29) is 11.1 Å². The summed E-state index contributed by atoms with van der Waals surface area (Å²) in [7, 11) is 0. The minimum atomic E-state index is 0.0517. The summed E-state index contributed by atoms with van der Waals surface area (Å²) >= 11 is 9.44. The van der Waals surface area contributed by atoms with E-state index in [1.807, 2.05) is 24.3 Å². The lowest BCUT2D eigenvalue weighted by Gasteiger charge is -2.11. The number of thiophene rings is 1. The molecule has 0 fully saturated rings. The highest BCUT2D eigenvalue weighted by Crippen LogP contribution is 2.44. The maximum absolute atomic E-state index is 9.73. The van der Waals surface area contributed by atoms with Crippen LogP contribution in [0.2, 0.25) is 0 Å². The van der Waals surface area contributed by atoms with Crippen molar-refractivity contribution in [1.82, 2.24) is 29.8 Å². The predicted molar refractivity (Wildman–Crippen MR) is 138 cm³/mol. The molecule has 0 bridgehead atoms. The van der Waals surface area contributed by atoms with Crippen LogP contribution in [0.3, 0.4) is 0 Å². The Morgan fingerprint density at radius 2 is 2.06 bits per heavy atom. The topological polar surface area (TPSA) is 81.7 Å². The molecule has 0 radical (unpaired) electrons. The van der Waals surface area contributed by atoms with Crippen molar-refractivity contribution >= 4 is 51.3 Å². The summed E-state index contributed by atoms with van der Waals surface area (Å²) in [5.41, 5.74) is 5.61. The zero-order chi connectivity index (χ0) is 23.2. The van der Waals surface area contributed by atoms with Gasteiger partial charge in [0.1, 0.15) is 10.5 Å². The second-order valence-corrected chi connectivity index (χ2v) is 10.8. The fraction of sp³-hybridized carbons (Fsp3) is 0.250. The number of hydrogen-bond donors (Lipinski definition) is 1. The van der Waals surface area contributed by atoms with Crippen LogP contribution in [0, 0.1) is 0 Å². The van der Waals surface area contributed by atoms with Crippen LogP contribution in [-0.2, 0) is 12.8 Å². The zero-order valence-electron chi connectivity index (χ0n) is 18.2. The molecule has 7 nitrogen and oxygen atoms in total. The number of allylic oxidation sites excluding steroid dienone is 4. The molecular formula is C24H21ClN6OS2. The number of alkyl halides is 1. The monoisotopic (exact) mass is 508 g/mol. The Balaban J connectivity index is 1.54. The van der Waals surface area contributed by atoms with E-state index in [1.54, 1.807) is 16.0 Å².